The van der Waals surface area contributed by atoms with E-state index in [-0.39, 0.29) is 0 Å². The molecule has 0 aliphatic rings. The second kappa shape index (κ2) is 5.81. The first-order valence-corrected chi connectivity index (χ1v) is 5.63. The summed E-state index contributed by atoms with van der Waals surface area (Å²) >= 11 is 4.72. The number of benzene rings is 1. The van der Waals surface area contributed by atoms with Gasteiger partial charge in [-0.3, -0.25) is 4.79 Å². The van der Waals surface area contributed by atoms with Gasteiger partial charge in [0.05, 0.1) is 7.11 Å². The average molecular weight is 258 g/mol. The highest BCUT2D eigenvalue weighted by Gasteiger charge is 2.24. The van der Waals surface area contributed by atoms with E-state index >= 15 is 0 Å². The number of ether oxygens (including phenoxy) is 1. The molecule has 0 heterocycles. The zero-order chi connectivity index (χ0) is 12.1. The minimum atomic E-state index is -1.08. The lowest BCUT2D eigenvalue weighted by Gasteiger charge is -2.10. The average Bonchev–Trinajstić information content (AvgIpc) is 2.26. The van der Waals surface area contributed by atoms with Crippen LogP contribution in [0.3, 0.4) is 0 Å². The van der Waals surface area contributed by atoms with E-state index in [0.29, 0.717) is 17.3 Å². The summed E-state index contributed by atoms with van der Waals surface area (Å²) in [5.74, 6) is -1.08. The topological polar surface area (TPSA) is 63.6 Å². The van der Waals surface area contributed by atoms with Gasteiger partial charge in [0.1, 0.15) is 5.25 Å². The van der Waals surface area contributed by atoms with E-state index in [0.717, 1.165) is 4.90 Å². The van der Waals surface area contributed by atoms with Gasteiger partial charge in [-0.15, -0.1) is 12.6 Å². The number of carboxylic acid groups (broad SMARTS) is 1. The SMILES string of the molecule is COC(=O)SC(C(=O)O)c1ccc(S)cc1. The molecular formula is C10H10O4S2. The zero-order valence-electron chi connectivity index (χ0n) is 8.41. The predicted octanol–water partition coefficient (Wildman–Crippen LogP) is 2.60. The maximum Gasteiger partial charge on any atom is 0.368 e. The number of hydrogen-bond donors (Lipinski definition) is 2. The van der Waals surface area contributed by atoms with Crippen LogP contribution in [0.25, 0.3) is 0 Å². The standard InChI is InChI=1S/C10H10O4S2/c1-14-10(13)16-8(9(11)12)6-2-4-7(15)5-3-6/h2-5,8,15H,1H3,(H,11,12). The first kappa shape index (κ1) is 12.9. The summed E-state index contributed by atoms with van der Waals surface area (Å²) in [6, 6.07) is 6.59. The van der Waals surface area contributed by atoms with Crippen LogP contribution in [0.15, 0.2) is 29.2 Å². The molecule has 1 N–H and O–H groups in total. The molecule has 1 aromatic carbocycles. The molecule has 1 unspecified atom stereocenters. The lowest BCUT2D eigenvalue weighted by Crippen LogP contribution is -2.10. The minimum absolute atomic E-state index is 0.528. The van der Waals surface area contributed by atoms with Crippen molar-refractivity contribution in [2.24, 2.45) is 0 Å². The summed E-state index contributed by atoms with van der Waals surface area (Å²) in [4.78, 5) is 22.8. The fraction of sp³-hybridized carbons (Fsp3) is 0.200. The van der Waals surface area contributed by atoms with Gasteiger partial charge in [-0.1, -0.05) is 12.1 Å². The highest BCUT2D eigenvalue weighted by Crippen LogP contribution is 2.30. The van der Waals surface area contributed by atoms with Crippen LogP contribution in [0, 0.1) is 0 Å². The first-order chi connectivity index (χ1) is 7.54. The fourth-order valence-electron chi connectivity index (χ4n) is 1.05. The van der Waals surface area contributed by atoms with Gasteiger partial charge in [0.2, 0.25) is 0 Å². The summed E-state index contributed by atoms with van der Waals surface area (Å²) in [5.41, 5.74) is 0.528. The van der Waals surface area contributed by atoms with Crippen LogP contribution in [0.5, 0.6) is 0 Å². The van der Waals surface area contributed by atoms with Crippen molar-refractivity contribution in [2.45, 2.75) is 10.1 Å². The number of methoxy groups -OCH3 is 1. The third-order valence-corrected chi connectivity index (χ3v) is 3.17. The number of hydrogen-bond acceptors (Lipinski definition) is 5. The molecule has 1 aromatic rings. The molecule has 0 aliphatic heterocycles. The van der Waals surface area contributed by atoms with Gasteiger partial charge in [-0.25, -0.2) is 4.79 Å². The van der Waals surface area contributed by atoms with Gasteiger partial charge >= 0.3 is 11.3 Å². The quantitative estimate of drug-likeness (QED) is 0.644. The second-order valence-electron chi connectivity index (χ2n) is 2.88. The Kier molecular flexibility index (Phi) is 4.70. The molecule has 0 saturated carbocycles. The molecule has 6 heteroatoms. The second-order valence-corrected chi connectivity index (χ2v) is 4.44. The van der Waals surface area contributed by atoms with Crippen molar-refractivity contribution in [1.82, 2.24) is 0 Å². The number of carbonyl (C=O) groups is 2. The molecule has 86 valence electrons. The van der Waals surface area contributed by atoms with Crippen LogP contribution in [-0.4, -0.2) is 23.5 Å². The highest BCUT2D eigenvalue weighted by molar-refractivity contribution is 8.14. The third-order valence-electron chi connectivity index (χ3n) is 1.80. The number of aliphatic carboxylic acids is 1. The number of carboxylic acids is 1. The van der Waals surface area contributed by atoms with E-state index in [2.05, 4.69) is 17.4 Å². The van der Waals surface area contributed by atoms with Crippen molar-refractivity contribution < 1.29 is 19.4 Å². The lowest BCUT2D eigenvalue weighted by atomic mass is 10.1. The molecule has 0 saturated heterocycles. The van der Waals surface area contributed by atoms with Crippen LogP contribution in [0.1, 0.15) is 10.8 Å². The van der Waals surface area contributed by atoms with Crippen molar-refractivity contribution in [1.29, 1.82) is 0 Å². The molecule has 0 spiro atoms. The van der Waals surface area contributed by atoms with Crippen molar-refractivity contribution in [3.8, 4) is 0 Å². The molecule has 1 rings (SSSR count). The van der Waals surface area contributed by atoms with E-state index in [1.807, 2.05) is 0 Å². The van der Waals surface area contributed by atoms with E-state index in [1.165, 1.54) is 7.11 Å². The van der Waals surface area contributed by atoms with E-state index in [9.17, 15) is 9.59 Å². The van der Waals surface area contributed by atoms with Gasteiger partial charge in [-0.2, -0.15) is 0 Å². The summed E-state index contributed by atoms with van der Waals surface area (Å²) in [6.07, 6.45) is 0. The molecule has 0 bridgehead atoms. The zero-order valence-corrected chi connectivity index (χ0v) is 10.1. The fourth-order valence-corrected chi connectivity index (χ4v) is 1.89. The van der Waals surface area contributed by atoms with Crippen LogP contribution in [-0.2, 0) is 9.53 Å². The van der Waals surface area contributed by atoms with Crippen molar-refractivity contribution in [3.05, 3.63) is 29.8 Å². The Bertz CT molecular complexity index is 388. The first-order valence-electron chi connectivity index (χ1n) is 4.31. The molecular weight excluding hydrogens is 248 g/mol. The van der Waals surface area contributed by atoms with Gasteiger partial charge in [0, 0.05) is 4.90 Å². The Labute approximate surface area is 102 Å². The van der Waals surface area contributed by atoms with Gasteiger partial charge in [0.15, 0.2) is 0 Å². The Hall–Kier alpha value is -1.14. The molecule has 0 fully saturated rings. The van der Waals surface area contributed by atoms with Crippen molar-refractivity contribution in [2.75, 3.05) is 7.11 Å². The Morgan fingerprint density at radius 2 is 1.94 bits per heavy atom. The molecule has 0 aromatic heterocycles. The summed E-state index contributed by atoms with van der Waals surface area (Å²) in [5, 5.41) is 7.41. The monoisotopic (exact) mass is 258 g/mol. The normalized spacial score (nSPS) is 11.9. The highest BCUT2D eigenvalue weighted by atomic mass is 32.2. The molecule has 16 heavy (non-hydrogen) atoms. The van der Waals surface area contributed by atoms with Crippen LogP contribution >= 0.6 is 24.4 Å². The van der Waals surface area contributed by atoms with Gasteiger partial charge in [-0.05, 0) is 29.5 Å². The summed E-state index contributed by atoms with van der Waals surface area (Å²) in [6.45, 7) is 0. The number of carbonyl (C=O) groups excluding carboxylic acids is 1. The maximum absolute atomic E-state index is 11.0. The van der Waals surface area contributed by atoms with Gasteiger partial charge in [0.25, 0.3) is 0 Å². The largest absolute Gasteiger partial charge is 0.480 e. The molecule has 0 amide bonds. The van der Waals surface area contributed by atoms with Crippen molar-refractivity contribution in [3.63, 3.8) is 0 Å². The molecule has 1 atom stereocenters. The Morgan fingerprint density at radius 1 is 1.38 bits per heavy atom. The van der Waals surface area contributed by atoms with E-state index in [4.69, 9.17) is 5.11 Å². The maximum atomic E-state index is 11.0. The van der Waals surface area contributed by atoms with Crippen LogP contribution in [0.4, 0.5) is 4.79 Å². The van der Waals surface area contributed by atoms with Crippen molar-refractivity contribution >= 4 is 35.7 Å². The molecule has 4 nitrogen and oxygen atoms in total. The lowest BCUT2D eigenvalue weighted by molar-refractivity contribution is -0.136. The Morgan fingerprint density at radius 3 is 2.38 bits per heavy atom. The predicted molar refractivity (Wildman–Crippen MR) is 64.1 cm³/mol. The number of thiol groups is 1. The molecule has 0 radical (unpaired) electrons. The smallest absolute Gasteiger partial charge is 0.368 e. The summed E-state index contributed by atoms with van der Waals surface area (Å²) < 4.78 is 4.42. The number of thioether (sulfide) groups is 1. The third kappa shape index (κ3) is 3.46. The summed E-state index contributed by atoms with van der Waals surface area (Å²) in [7, 11) is 1.21. The molecule has 0 aliphatic carbocycles. The van der Waals surface area contributed by atoms with E-state index in [1.54, 1.807) is 24.3 Å². The Balaban J connectivity index is 2.89. The van der Waals surface area contributed by atoms with Gasteiger partial charge < -0.3 is 9.84 Å². The van der Waals surface area contributed by atoms with E-state index < -0.39 is 16.5 Å². The number of rotatable bonds is 3. The van der Waals surface area contributed by atoms with Crippen LogP contribution in [0.2, 0.25) is 0 Å². The minimum Gasteiger partial charge on any atom is -0.480 e. The van der Waals surface area contributed by atoms with Crippen LogP contribution < -0.4 is 0 Å².